The molecule has 0 saturated carbocycles. The van der Waals surface area contributed by atoms with Gasteiger partial charge >= 0.3 is 0 Å². The van der Waals surface area contributed by atoms with Gasteiger partial charge in [-0.15, -0.1) is 0 Å². The summed E-state index contributed by atoms with van der Waals surface area (Å²) in [6, 6.07) is 18.9. The van der Waals surface area contributed by atoms with Crippen LogP contribution in [0.4, 0.5) is 0 Å². The van der Waals surface area contributed by atoms with Crippen molar-refractivity contribution < 1.29 is 0 Å². The number of hydrogen-bond donors (Lipinski definition) is 0. The third-order valence-corrected chi connectivity index (χ3v) is 2.80. The summed E-state index contributed by atoms with van der Waals surface area (Å²) in [5.41, 5.74) is 3.88. The first-order valence-electron chi connectivity index (χ1n) is 6.21. The molecule has 0 heterocycles. The molecule has 0 aliphatic heterocycles. The molecule has 2 aromatic rings. The van der Waals surface area contributed by atoms with E-state index in [2.05, 4.69) is 79.7 Å². The maximum absolute atomic E-state index is 2.19. The van der Waals surface area contributed by atoms with E-state index < -0.39 is 0 Å². The first-order chi connectivity index (χ1) is 8.75. The number of nitrogens with zero attached hydrogens (tertiary/aromatic N) is 1. The van der Waals surface area contributed by atoms with Gasteiger partial charge < -0.3 is 4.90 Å². The standard InChI is InChI=1S/C17H19N/c1-18(2)14-17-11-7-6-10-16(17)13-12-15-8-4-3-5-9-15/h3-13H,14H2,1-2H3. The Morgan fingerprint density at radius 2 is 1.50 bits per heavy atom. The molecule has 0 aliphatic carbocycles. The topological polar surface area (TPSA) is 3.24 Å². The minimum absolute atomic E-state index is 0.968. The summed E-state index contributed by atoms with van der Waals surface area (Å²) >= 11 is 0. The molecule has 0 unspecified atom stereocenters. The summed E-state index contributed by atoms with van der Waals surface area (Å²) in [4.78, 5) is 2.19. The Bertz CT molecular complexity index is 512. The predicted octanol–water partition coefficient (Wildman–Crippen LogP) is 3.92. The van der Waals surface area contributed by atoms with Gasteiger partial charge in [0.1, 0.15) is 0 Å². The van der Waals surface area contributed by atoms with Gasteiger partial charge in [-0.3, -0.25) is 0 Å². The molecule has 2 aromatic carbocycles. The van der Waals surface area contributed by atoms with Gasteiger partial charge in [0.25, 0.3) is 0 Å². The van der Waals surface area contributed by atoms with Crippen molar-refractivity contribution in [2.75, 3.05) is 14.1 Å². The van der Waals surface area contributed by atoms with Gasteiger partial charge in [-0.1, -0.05) is 66.7 Å². The molecule has 0 aromatic heterocycles. The lowest BCUT2D eigenvalue weighted by Crippen LogP contribution is -2.11. The fourth-order valence-corrected chi connectivity index (χ4v) is 1.93. The molecule has 1 nitrogen and oxygen atoms in total. The molecular weight excluding hydrogens is 218 g/mol. The molecule has 0 aliphatic rings. The van der Waals surface area contributed by atoms with E-state index in [1.165, 1.54) is 16.7 Å². The molecule has 0 N–H and O–H groups in total. The highest BCUT2D eigenvalue weighted by Gasteiger charge is 1.99. The van der Waals surface area contributed by atoms with Gasteiger partial charge in [0.05, 0.1) is 0 Å². The van der Waals surface area contributed by atoms with Crippen molar-refractivity contribution in [3.63, 3.8) is 0 Å². The fraction of sp³-hybridized carbons (Fsp3) is 0.176. The van der Waals surface area contributed by atoms with Gasteiger partial charge in [0.15, 0.2) is 0 Å². The van der Waals surface area contributed by atoms with Gasteiger partial charge in [0, 0.05) is 6.54 Å². The van der Waals surface area contributed by atoms with Crippen LogP contribution in [0.2, 0.25) is 0 Å². The molecule has 2 rings (SSSR count). The number of hydrogen-bond acceptors (Lipinski definition) is 1. The van der Waals surface area contributed by atoms with E-state index in [4.69, 9.17) is 0 Å². The van der Waals surface area contributed by atoms with Crippen molar-refractivity contribution in [3.05, 3.63) is 71.3 Å². The number of benzene rings is 2. The van der Waals surface area contributed by atoms with Gasteiger partial charge in [0.2, 0.25) is 0 Å². The minimum atomic E-state index is 0.968. The second-order valence-electron chi connectivity index (χ2n) is 4.68. The second-order valence-corrected chi connectivity index (χ2v) is 4.68. The third-order valence-electron chi connectivity index (χ3n) is 2.80. The van der Waals surface area contributed by atoms with Gasteiger partial charge in [-0.25, -0.2) is 0 Å². The monoisotopic (exact) mass is 237 g/mol. The molecule has 0 radical (unpaired) electrons. The Kier molecular flexibility index (Phi) is 4.32. The zero-order valence-corrected chi connectivity index (χ0v) is 11.0. The quantitative estimate of drug-likeness (QED) is 0.728. The smallest absolute Gasteiger partial charge is 0.0233 e. The van der Waals surface area contributed by atoms with Crippen molar-refractivity contribution in [2.45, 2.75) is 6.54 Å². The van der Waals surface area contributed by atoms with Crippen LogP contribution < -0.4 is 0 Å². The van der Waals surface area contributed by atoms with Crippen LogP contribution in [-0.2, 0) is 6.54 Å². The highest BCUT2D eigenvalue weighted by molar-refractivity contribution is 5.71. The average molecular weight is 237 g/mol. The second kappa shape index (κ2) is 6.18. The molecule has 1 heteroatoms. The highest BCUT2D eigenvalue weighted by Crippen LogP contribution is 2.14. The van der Waals surface area contributed by atoms with E-state index in [1.54, 1.807) is 0 Å². The summed E-state index contributed by atoms with van der Waals surface area (Å²) in [5, 5.41) is 0. The van der Waals surface area contributed by atoms with Crippen LogP contribution in [0.5, 0.6) is 0 Å². The molecule has 0 spiro atoms. The van der Waals surface area contributed by atoms with Crippen LogP contribution >= 0.6 is 0 Å². The molecule has 18 heavy (non-hydrogen) atoms. The minimum Gasteiger partial charge on any atom is -0.305 e. The van der Waals surface area contributed by atoms with Crippen LogP contribution in [0.25, 0.3) is 12.2 Å². The zero-order chi connectivity index (χ0) is 12.8. The molecule has 0 atom stereocenters. The van der Waals surface area contributed by atoms with E-state index >= 15 is 0 Å². The molecule has 0 amide bonds. The van der Waals surface area contributed by atoms with Gasteiger partial charge in [-0.2, -0.15) is 0 Å². The van der Waals surface area contributed by atoms with Crippen LogP contribution in [0.1, 0.15) is 16.7 Å². The summed E-state index contributed by atoms with van der Waals surface area (Å²) in [6.07, 6.45) is 4.35. The third kappa shape index (κ3) is 3.57. The predicted molar refractivity (Wildman–Crippen MR) is 79.2 cm³/mol. The van der Waals surface area contributed by atoms with Crippen LogP contribution in [-0.4, -0.2) is 19.0 Å². The first kappa shape index (κ1) is 12.6. The van der Waals surface area contributed by atoms with E-state index in [-0.39, 0.29) is 0 Å². The lowest BCUT2D eigenvalue weighted by Gasteiger charge is -2.12. The van der Waals surface area contributed by atoms with E-state index in [1.807, 2.05) is 6.07 Å². The Labute approximate surface area is 109 Å². The first-order valence-corrected chi connectivity index (χ1v) is 6.21. The molecular formula is C17H19N. The fourth-order valence-electron chi connectivity index (χ4n) is 1.93. The Morgan fingerprint density at radius 1 is 0.833 bits per heavy atom. The van der Waals surface area contributed by atoms with Crippen LogP contribution in [0.15, 0.2) is 54.6 Å². The van der Waals surface area contributed by atoms with Gasteiger partial charge in [-0.05, 0) is 30.8 Å². The van der Waals surface area contributed by atoms with Crippen molar-refractivity contribution >= 4 is 12.2 Å². The van der Waals surface area contributed by atoms with Crippen LogP contribution in [0.3, 0.4) is 0 Å². The van der Waals surface area contributed by atoms with Crippen LogP contribution in [0, 0.1) is 0 Å². The van der Waals surface area contributed by atoms with E-state index in [9.17, 15) is 0 Å². The van der Waals surface area contributed by atoms with Crippen molar-refractivity contribution in [1.82, 2.24) is 4.90 Å². The van der Waals surface area contributed by atoms with Crippen molar-refractivity contribution in [2.24, 2.45) is 0 Å². The number of rotatable bonds is 4. The summed E-state index contributed by atoms with van der Waals surface area (Å²) in [5.74, 6) is 0. The van der Waals surface area contributed by atoms with Crippen molar-refractivity contribution in [3.8, 4) is 0 Å². The average Bonchev–Trinajstić information content (AvgIpc) is 2.38. The SMILES string of the molecule is CN(C)Cc1ccccc1C=Cc1ccccc1. The van der Waals surface area contributed by atoms with E-state index in [0.717, 1.165) is 6.54 Å². The van der Waals surface area contributed by atoms with E-state index in [0.29, 0.717) is 0 Å². The normalized spacial score (nSPS) is 11.3. The lowest BCUT2D eigenvalue weighted by atomic mass is 10.1. The Hall–Kier alpha value is -1.86. The Balaban J connectivity index is 2.21. The molecule has 0 bridgehead atoms. The zero-order valence-electron chi connectivity index (χ0n) is 11.0. The summed E-state index contributed by atoms with van der Waals surface area (Å²) < 4.78 is 0. The Morgan fingerprint density at radius 3 is 2.22 bits per heavy atom. The molecule has 0 saturated heterocycles. The summed E-state index contributed by atoms with van der Waals surface area (Å²) in [7, 11) is 4.19. The molecule has 0 fully saturated rings. The lowest BCUT2D eigenvalue weighted by molar-refractivity contribution is 0.402. The summed E-state index contributed by atoms with van der Waals surface area (Å²) in [6.45, 7) is 0.968. The largest absolute Gasteiger partial charge is 0.305 e. The maximum Gasteiger partial charge on any atom is 0.0233 e. The maximum atomic E-state index is 2.19. The van der Waals surface area contributed by atoms with Crippen molar-refractivity contribution in [1.29, 1.82) is 0 Å². The molecule has 92 valence electrons. The highest BCUT2D eigenvalue weighted by atomic mass is 15.0.